The van der Waals surface area contributed by atoms with Crippen LogP contribution in [0.2, 0.25) is 0 Å². The van der Waals surface area contributed by atoms with E-state index >= 15 is 0 Å². The molecule has 0 aliphatic carbocycles. The lowest BCUT2D eigenvalue weighted by Gasteiger charge is -2.27. The fourth-order valence-electron chi connectivity index (χ4n) is 2.11. The van der Waals surface area contributed by atoms with Gasteiger partial charge in [-0.15, -0.1) is 11.8 Å². The van der Waals surface area contributed by atoms with Crippen molar-refractivity contribution in [3.63, 3.8) is 0 Å². The molecule has 0 saturated heterocycles. The van der Waals surface area contributed by atoms with Crippen LogP contribution in [0.4, 0.5) is 0 Å². The summed E-state index contributed by atoms with van der Waals surface area (Å²) in [4.78, 5) is 26.1. The van der Waals surface area contributed by atoms with Crippen LogP contribution in [0, 0.1) is 6.92 Å². The summed E-state index contributed by atoms with van der Waals surface area (Å²) < 4.78 is 0. The average Bonchev–Trinajstić information content (AvgIpc) is 2.42. The summed E-state index contributed by atoms with van der Waals surface area (Å²) in [6.45, 7) is 6.29. The van der Waals surface area contributed by atoms with Crippen molar-refractivity contribution in [2.24, 2.45) is 0 Å². The maximum Gasteiger partial charge on any atom is 0.303 e. The van der Waals surface area contributed by atoms with E-state index < -0.39 is 5.97 Å². The van der Waals surface area contributed by atoms with Crippen LogP contribution < -0.4 is 0 Å². The molecule has 0 atom stereocenters. The van der Waals surface area contributed by atoms with Gasteiger partial charge < -0.3 is 10.0 Å². The maximum atomic E-state index is 12.7. The lowest BCUT2D eigenvalue weighted by Crippen LogP contribution is -2.38. The smallest absolute Gasteiger partial charge is 0.303 e. The van der Waals surface area contributed by atoms with Crippen molar-refractivity contribution in [2.45, 2.75) is 44.6 Å². The van der Waals surface area contributed by atoms with Crippen LogP contribution in [0.25, 0.3) is 0 Å². The molecule has 0 fully saturated rings. The predicted octanol–water partition coefficient (Wildman–Crippen LogP) is 3.43. The van der Waals surface area contributed by atoms with E-state index in [0.717, 1.165) is 10.5 Å². The minimum absolute atomic E-state index is 0.0243. The van der Waals surface area contributed by atoms with E-state index in [1.54, 1.807) is 16.7 Å². The first-order valence-electron chi connectivity index (χ1n) is 7.04. The third kappa shape index (κ3) is 5.08. The number of carbonyl (C=O) groups is 2. The van der Waals surface area contributed by atoms with Crippen LogP contribution in [0.15, 0.2) is 23.1 Å². The number of hydrogen-bond donors (Lipinski definition) is 1. The second-order valence-corrected chi connectivity index (χ2v) is 6.15. The van der Waals surface area contributed by atoms with Crippen LogP contribution >= 0.6 is 11.8 Å². The molecule has 0 aromatic heterocycles. The lowest BCUT2D eigenvalue weighted by molar-refractivity contribution is -0.137. The fraction of sp³-hybridized carbons (Fsp3) is 0.500. The Morgan fingerprint density at radius 2 is 2.00 bits per heavy atom. The van der Waals surface area contributed by atoms with Gasteiger partial charge >= 0.3 is 5.97 Å². The number of benzene rings is 1. The van der Waals surface area contributed by atoms with E-state index in [0.29, 0.717) is 18.5 Å². The van der Waals surface area contributed by atoms with Crippen LogP contribution in [0.3, 0.4) is 0 Å². The van der Waals surface area contributed by atoms with Crippen molar-refractivity contribution in [1.29, 1.82) is 0 Å². The van der Waals surface area contributed by atoms with Gasteiger partial charge in [0, 0.05) is 29.5 Å². The van der Waals surface area contributed by atoms with E-state index in [1.165, 1.54) is 0 Å². The Morgan fingerprint density at radius 3 is 2.52 bits per heavy atom. The number of nitrogens with zero attached hydrogens (tertiary/aromatic N) is 1. The summed E-state index contributed by atoms with van der Waals surface area (Å²) in [5.41, 5.74) is 1.65. The second kappa shape index (κ2) is 8.08. The number of rotatable bonds is 7. The number of hydrogen-bond acceptors (Lipinski definition) is 3. The van der Waals surface area contributed by atoms with Crippen molar-refractivity contribution >= 4 is 23.6 Å². The highest BCUT2D eigenvalue weighted by molar-refractivity contribution is 7.98. The lowest BCUT2D eigenvalue weighted by atomic mass is 10.1. The molecule has 0 aliphatic heterocycles. The maximum absolute atomic E-state index is 12.7. The normalized spacial score (nSPS) is 10.7. The van der Waals surface area contributed by atoms with Crippen molar-refractivity contribution in [2.75, 3.05) is 12.8 Å². The van der Waals surface area contributed by atoms with Crippen molar-refractivity contribution in [3.05, 3.63) is 29.3 Å². The van der Waals surface area contributed by atoms with Gasteiger partial charge in [0.05, 0.1) is 0 Å². The number of carboxylic acid groups (broad SMARTS) is 1. The van der Waals surface area contributed by atoms with E-state index in [1.807, 2.05) is 45.2 Å². The second-order valence-electron chi connectivity index (χ2n) is 5.27. The van der Waals surface area contributed by atoms with Gasteiger partial charge in [0.15, 0.2) is 0 Å². The third-order valence-corrected chi connectivity index (χ3v) is 4.07. The standard InChI is InChI=1S/C16H23NO3S/c1-11(2)17(9-5-6-15(18)19)16(20)14-10-13(21-4)8-7-12(14)3/h7-8,10-11H,5-6,9H2,1-4H3,(H,18,19). The molecule has 4 nitrogen and oxygen atoms in total. The zero-order valence-electron chi connectivity index (χ0n) is 13.0. The van der Waals surface area contributed by atoms with Crippen molar-refractivity contribution in [1.82, 2.24) is 4.90 Å². The molecule has 0 radical (unpaired) electrons. The largest absolute Gasteiger partial charge is 0.481 e. The number of aryl methyl sites for hydroxylation is 1. The molecule has 116 valence electrons. The highest BCUT2D eigenvalue weighted by atomic mass is 32.2. The van der Waals surface area contributed by atoms with Crippen molar-refractivity contribution in [3.8, 4) is 0 Å². The number of aliphatic carboxylic acids is 1. The van der Waals surface area contributed by atoms with Gasteiger partial charge in [-0.1, -0.05) is 6.07 Å². The predicted molar refractivity (Wildman–Crippen MR) is 86.0 cm³/mol. The van der Waals surface area contributed by atoms with Gasteiger partial charge in [-0.05, 0) is 51.1 Å². The molecule has 1 amide bonds. The molecule has 1 N–H and O–H groups in total. The average molecular weight is 309 g/mol. The quantitative estimate of drug-likeness (QED) is 0.784. The molecule has 5 heteroatoms. The molecule has 21 heavy (non-hydrogen) atoms. The molecular formula is C16H23NO3S. The first-order valence-corrected chi connectivity index (χ1v) is 8.26. The van der Waals surface area contributed by atoms with E-state index in [2.05, 4.69) is 0 Å². The molecule has 0 spiro atoms. The molecule has 0 bridgehead atoms. The molecular weight excluding hydrogens is 286 g/mol. The Labute approximate surface area is 130 Å². The Balaban J connectivity index is 2.92. The van der Waals surface area contributed by atoms with Crippen LogP contribution in [-0.4, -0.2) is 40.7 Å². The minimum Gasteiger partial charge on any atom is -0.481 e. The van der Waals surface area contributed by atoms with Gasteiger partial charge in [-0.3, -0.25) is 9.59 Å². The van der Waals surface area contributed by atoms with E-state index in [9.17, 15) is 9.59 Å². The van der Waals surface area contributed by atoms with E-state index in [4.69, 9.17) is 5.11 Å². The topological polar surface area (TPSA) is 57.6 Å². The molecule has 0 saturated carbocycles. The Kier molecular flexibility index (Phi) is 6.75. The zero-order chi connectivity index (χ0) is 16.0. The van der Waals surface area contributed by atoms with Crippen molar-refractivity contribution < 1.29 is 14.7 Å². The van der Waals surface area contributed by atoms with Crippen LogP contribution in [0.1, 0.15) is 42.6 Å². The van der Waals surface area contributed by atoms with Gasteiger partial charge in [0.2, 0.25) is 0 Å². The third-order valence-electron chi connectivity index (χ3n) is 3.35. The zero-order valence-corrected chi connectivity index (χ0v) is 13.9. The molecule has 0 unspecified atom stereocenters. The Morgan fingerprint density at radius 1 is 1.33 bits per heavy atom. The summed E-state index contributed by atoms with van der Waals surface area (Å²) >= 11 is 1.60. The number of thioether (sulfide) groups is 1. The first-order chi connectivity index (χ1) is 9.86. The van der Waals surface area contributed by atoms with E-state index in [-0.39, 0.29) is 18.4 Å². The number of carbonyl (C=O) groups excluding carboxylic acids is 1. The molecule has 0 aliphatic rings. The van der Waals surface area contributed by atoms with Gasteiger partial charge in [0.1, 0.15) is 0 Å². The monoisotopic (exact) mass is 309 g/mol. The van der Waals surface area contributed by atoms with Gasteiger partial charge in [-0.2, -0.15) is 0 Å². The highest BCUT2D eigenvalue weighted by Crippen LogP contribution is 2.21. The SMILES string of the molecule is CSc1ccc(C)c(C(=O)N(CCCC(=O)O)C(C)C)c1. The molecule has 1 aromatic rings. The Hall–Kier alpha value is -1.49. The molecule has 1 aromatic carbocycles. The van der Waals surface area contributed by atoms with Gasteiger partial charge in [0.25, 0.3) is 5.91 Å². The number of amides is 1. The summed E-state index contributed by atoms with van der Waals surface area (Å²) in [7, 11) is 0. The summed E-state index contributed by atoms with van der Waals surface area (Å²) in [5.74, 6) is -0.851. The summed E-state index contributed by atoms with van der Waals surface area (Å²) in [5, 5.41) is 8.73. The number of carboxylic acids is 1. The highest BCUT2D eigenvalue weighted by Gasteiger charge is 2.20. The fourth-order valence-corrected chi connectivity index (χ4v) is 2.55. The van der Waals surface area contributed by atoms with Gasteiger partial charge in [-0.25, -0.2) is 0 Å². The molecule has 0 heterocycles. The first kappa shape index (κ1) is 17.6. The summed E-state index contributed by atoms with van der Waals surface area (Å²) in [6.07, 6.45) is 2.53. The Bertz CT molecular complexity index is 514. The summed E-state index contributed by atoms with van der Waals surface area (Å²) in [6, 6.07) is 5.91. The van der Waals surface area contributed by atoms with Crippen LogP contribution in [0.5, 0.6) is 0 Å². The molecule has 1 rings (SSSR count). The van der Waals surface area contributed by atoms with Crippen LogP contribution in [-0.2, 0) is 4.79 Å². The minimum atomic E-state index is -0.827.